The second-order valence-corrected chi connectivity index (χ2v) is 8.67. The summed E-state index contributed by atoms with van der Waals surface area (Å²) in [4.78, 5) is 41.4. The quantitative estimate of drug-likeness (QED) is 0.578. The van der Waals surface area contributed by atoms with Gasteiger partial charge in [0.1, 0.15) is 23.2 Å². The van der Waals surface area contributed by atoms with Crippen molar-refractivity contribution >= 4 is 40.8 Å². The Hall–Kier alpha value is -4.98. The zero-order chi connectivity index (χ0) is 27.8. The third kappa shape index (κ3) is 3.78. The van der Waals surface area contributed by atoms with Crippen LogP contribution in [0.4, 0.5) is 11.4 Å². The van der Waals surface area contributed by atoms with Gasteiger partial charge in [-0.1, -0.05) is 17.7 Å². The number of rotatable bonds is 6. The zero-order valence-electron chi connectivity index (χ0n) is 21.4. The Morgan fingerprint density at radius 2 is 1.55 bits per heavy atom. The molecule has 0 spiro atoms. The van der Waals surface area contributed by atoms with Gasteiger partial charge in [-0.15, -0.1) is 0 Å². The van der Waals surface area contributed by atoms with E-state index in [1.807, 2.05) is 13.0 Å². The van der Waals surface area contributed by atoms with Gasteiger partial charge >= 0.3 is 11.9 Å². The molecule has 1 amide bonds. The fraction of sp³-hybridized carbons (Fsp3) is 0.259. The van der Waals surface area contributed by atoms with Crippen LogP contribution >= 0.6 is 0 Å². The Bertz CT molecular complexity index is 1440. The molecule has 2 aromatic carbocycles. The first-order chi connectivity index (χ1) is 18.2. The molecule has 0 aliphatic carbocycles. The van der Waals surface area contributed by atoms with Crippen LogP contribution < -0.4 is 14.6 Å². The summed E-state index contributed by atoms with van der Waals surface area (Å²) in [6, 6.07) is 15.3. The van der Waals surface area contributed by atoms with E-state index >= 15 is 0 Å². The van der Waals surface area contributed by atoms with Crippen molar-refractivity contribution in [3.05, 3.63) is 65.4 Å². The van der Waals surface area contributed by atoms with E-state index in [0.717, 1.165) is 29.7 Å². The number of ether oxygens (including phenoxy) is 3. The van der Waals surface area contributed by atoms with Crippen LogP contribution in [0.1, 0.15) is 12.5 Å². The summed E-state index contributed by atoms with van der Waals surface area (Å²) in [7, 11) is 3.68. The highest BCUT2D eigenvalue weighted by molar-refractivity contribution is 6.29. The number of amidine groups is 1. The van der Waals surface area contributed by atoms with Gasteiger partial charge in [0.15, 0.2) is 5.41 Å². The molecule has 2 aliphatic heterocycles. The molecular formula is C27H25N5O6. The number of methoxy groups -OCH3 is 3. The van der Waals surface area contributed by atoms with Gasteiger partial charge in [-0.3, -0.25) is 15.1 Å². The summed E-state index contributed by atoms with van der Waals surface area (Å²) < 4.78 is 15.1. The molecule has 2 aliphatic rings. The minimum absolute atomic E-state index is 0.184. The van der Waals surface area contributed by atoms with Crippen LogP contribution in [0.2, 0.25) is 0 Å². The third-order valence-corrected chi connectivity index (χ3v) is 6.57. The molecule has 11 heteroatoms. The summed E-state index contributed by atoms with van der Waals surface area (Å²) in [6.07, 6.45) is 0. The predicted octanol–water partition coefficient (Wildman–Crippen LogP) is 2.95. The lowest BCUT2D eigenvalue weighted by atomic mass is 9.68. The Morgan fingerprint density at radius 3 is 2.08 bits per heavy atom. The van der Waals surface area contributed by atoms with Crippen molar-refractivity contribution in [3.63, 3.8) is 0 Å². The average Bonchev–Trinajstić information content (AvgIpc) is 3.38. The van der Waals surface area contributed by atoms with Crippen LogP contribution in [-0.4, -0.2) is 50.7 Å². The maximum Gasteiger partial charge on any atom is 0.355 e. The van der Waals surface area contributed by atoms with E-state index in [9.17, 15) is 25.1 Å². The zero-order valence-corrected chi connectivity index (χ0v) is 21.4. The van der Waals surface area contributed by atoms with E-state index in [2.05, 4.69) is 5.10 Å². The molecule has 11 nitrogen and oxygen atoms in total. The Morgan fingerprint density at radius 1 is 0.974 bits per heavy atom. The van der Waals surface area contributed by atoms with Gasteiger partial charge < -0.3 is 14.2 Å². The van der Waals surface area contributed by atoms with Gasteiger partial charge in [0.25, 0.3) is 5.91 Å². The van der Waals surface area contributed by atoms with Crippen molar-refractivity contribution in [2.75, 3.05) is 31.2 Å². The van der Waals surface area contributed by atoms with Gasteiger partial charge in [-0.05, 0) is 50.2 Å². The fourth-order valence-corrected chi connectivity index (χ4v) is 4.73. The predicted molar refractivity (Wildman–Crippen MR) is 138 cm³/mol. The Balaban J connectivity index is 1.96. The van der Waals surface area contributed by atoms with E-state index < -0.39 is 46.3 Å². The van der Waals surface area contributed by atoms with E-state index in [4.69, 9.17) is 14.2 Å². The average molecular weight is 516 g/mol. The molecule has 0 saturated heterocycles. The van der Waals surface area contributed by atoms with Gasteiger partial charge in [0.2, 0.25) is 0 Å². The van der Waals surface area contributed by atoms with Crippen LogP contribution in [0.5, 0.6) is 5.75 Å². The molecule has 0 radical (unpaired) electrons. The van der Waals surface area contributed by atoms with Crippen LogP contribution in [0, 0.1) is 35.0 Å². The minimum atomic E-state index is -2.25. The van der Waals surface area contributed by atoms with E-state index in [0.29, 0.717) is 11.4 Å². The van der Waals surface area contributed by atoms with Gasteiger partial charge in [0.05, 0.1) is 44.4 Å². The first kappa shape index (κ1) is 26.1. The van der Waals surface area contributed by atoms with Gasteiger partial charge in [0, 0.05) is 5.69 Å². The number of nitriles is 1. The summed E-state index contributed by atoms with van der Waals surface area (Å²) in [5.74, 6) is -4.08. The molecule has 0 fully saturated rings. The maximum absolute atomic E-state index is 13.9. The Kier molecular flexibility index (Phi) is 6.74. The van der Waals surface area contributed by atoms with Crippen molar-refractivity contribution in [2.24, 2.45) is 16.4 Å². The lowest BCUT2D eigenvalue weighted by molar-refractivity contribution is -0.139. The van der Waals surface area contributed by atoms with Crippen LogP contribution in [0.3, 0.4) is 0 Å². The normalized spacial score (nSPS) is 20.8. The number of benzene rings is 2. The summed E-state index contributed by atoms with van der Waals surface area (Å²) in [5, 5.41) is 25.3. The molecule has 2 heterocycles. The van der Waals surface area contributed by atoms with Crippen molar-refractivity contribution in [1.82, 2.24) is 0 Å². The molecule has 0 bridgehead atoms. The van der Waals surface area contributed by atoms with Crippen molar-refractivity contribution < 1.29 is 28.6 Å². The van der Waals surface area contributed by atoms with Crippen LogP contribution in [-0.2, 0) is 23.9 Å². The molecule has 2 unspecified atom stereocenters. The number of hydrogen-bond acceptors (Lipinski definition) is 9. The van der Waals surface area contributed by atoms with Gasteiger partial charge in [-0.2, -0.15) is 10.4 Å². The van der Waals surface area contributed by atoms with E-state index in [1.165, 1.54) is 14.0 Å². The fourth-order valence-electron chi connectivity index (χ4n) is 4.73. The number of nitrogens with zero attached hydrogens (tertiary/aromatic N) is 4. The largest absolute Gasteiger partial charge is 0.497 e. The van der Waals surface area contributed by atoms with Gasteiger partial charge in [-0.25, -0.2) is 14.6 Å². The highest BCUT2D eigenvalue weighted by Crippen LogP contribution is 2.51. The number of esters is 2. The van der Waals surface area contributed by atoms with Crippen LogP contribution in [0.25, 0.3) is 0 Å². The summed E-state index contributed by atoms with van der Waals surface area (Å²) >= 11 is 0. The highest BCUT2D eigenvalue weighted by Gasteiger charge is 2.65. The van der Waals surface area contributed by atoms with E-state index in [1.54, 1.807) is 48.5 Å². The molecule has 2 atom stereocenters. The lowest BCUT2D eigenvalue weighted by Crippen LogP contribution is -2.48. The second-order valence-electron chi connectivity index (χ2n) is 8.67. The van der Waals surface area contributed by atoms with Crippen LogP contribution in [0.15, 0.2) is 64.9 Å². The highest BCUT2D eigenvalue weighted by atomic mass is 16.5. The number of carbonyl (C=O) groups excluding carboxylic acids is 3. The molecule has 194 valence electrons. The SMILES string of the molecule is COC(=O)C1=C(C(=O)OC)C(C#N)(C2C(=O)N(c3ccc(C)cc3)N=C2C)C(=N)N1c1ccc(OC)cc1. The molecule has 2 aromatic rings. The van der Waals surface area contributed by atoms with Crippen molar-refractivity contribution in [3.8, 4) is 11.8 Å². The molecule has 1 N–H and O–H groups in total. The number of hydrazone groups is 1. The molecular weight excluding hydrogens is 490 g/mol. The number of anilines is 2. The smallest absolute Gasteiger partial charge is 0.355 e. The lowest BCUT2D eigenvalue weighted by Gasteiger charge is -2.30. The molecule has 0 saturated carbocycles. The monoisotopic (exact) mass is 515 g/mol. The number of nitrogens with one attached hydrogen (secondary N) is 1. The van der Waals surface area contributed by atoms with Crippen molar-refractivity contribution in [2.45, 2.75) is 13.8 Å². The number of amides is 1. The minimum Gasteiger partial charge on any atom is -0.497 e. The second kappa shape index (κ2) is 9.82. The molecule has 38 heavy (non-hydrogen) atoms. The number of carbonyl (C=O) groups is 3. The maximum atomic E-state index is 13.9. The summed E-state index contributed by atoms with van der Waals surface area (Å²) in [5.41, 5.74) is -1.25. The number of hydrogen-bond donors (Lipinski definition) is 1. The molecule has 4 rings (SSSR count). The third-order valence-electron chi connectivity index (χ3n) is 6.57. The topological polar surface area (TPSA) is 145 Å². The standard InChI is InChI=1S/C27H25N5O6/c1-15-6-8-18(9-7-15)32-23(33)20(16(2)30-32)27(14-28)21(24(34)37-4)22(25(35)38-5)31(26(27)29)17-10-12-19(36-3)13-11-17/h6-13,20,29H,1-5H3. The first-order valence-corrected chi connectivity index (χ1v) is 11.5. The first-order valence-electron chi connectivity index (χ1n) is 11.5. The van der Waals surface area contributed by atoms with Crippen molar-refractivity contribution in [1.29, 1.82) is 10.7 Å². The summed E-state index contributed by atoms with van der Waals surface area (Å²) in [6.45, 7) is 3.43. The number of aryl methyl sites for hydroxylation is 1. The van der Waals surface area contributed by atoms with E-state index in [-0.39, 0.29) is 11.4 Å². The molecule has 0 aromatic heterocycles. The Labute approximate surface area is 219 Å².